The van der Waals surface area contributed by atoms with Crippen LogP contribution in [0, 0.1) is 5.92 Å². The summed E-state index contributed by atoms with van der Waals surface area (Å²) >= 11 is 0. The molecule has 2 unspecified atom stereocenters. The van der Waals surface area contributed by atoms with Crippen LogP contribution in [-0.4, -0.2) is 24.5 Å². The molecule has 11 heavy (non-hydrogen) atoms. The van der Waals surface area contributed by atoms with Gasteiger partial charge in [0.05, 0.1) is 0 Å². The molecule has 0 aromatic rings. The monoisotopic (exact) mass is 157 g/mol. The van der Waals surface area contributed by atoms with Crippen molar-refractivity contribution >= 4 is 0 Å². The molecule has 1 heterocycles. The molecule has 1 heteroatoms. The summed E-state index contributed by atoms with van der Waals surface area (Å²) in [5.41, 5.74) is 0. The number of hydrogen-bond donors (Lipinski definition) is 0. The fraction of sp³-hybridized carbons (Fsp3) is 1.00. The molecule has 1 fully saturated rings. The maximum absolute atomic E-state index is 2.45. The highest BCUT2D eigenvalue weighted by Gasteiger charge is 2.20. The highest BCUT2D eigenvalue weighted by atomic mass is 15.1. The molecule has 2 atom stereocenters. The largest absolute Gasteiger partial charge is 0.303 e. The topological polar surface area (TPSA) is 3.24 Å². The van der Waals surface area contributed by atoms with E-state index < -0.39 is 0 Å². The quantitative estimate of drug-likeness (QED) is 0.522. The van der Waals surface area contributed by atoms with Gasteiger partial charge in [-0.05, 0) is 39.3 Å². The van der Waals surface area contributed by atoms with Gasteiger partial charge in [0.15, 0.2) is 0 Å². The minimum Gasteiger partial charge on any atom is -0.303 e. The highest BCUT2D eigenvalue weighted by molar-refractivity contribution is 4.75. The van der Waals surface area contributed by atoms with Gasteiger partial charge in [-0.15, -0.1) is 0 Å². The van der Waals surface area contributed by atoms with E-state index in [1.54, 1.807) is 0 Å². The van der Waals surface area contributed by atoms with E-state index >= 15 is 0 Å². The van der Waals surface area contributed by atoms with E-state index in [4.69, 9.17) is 0 Å². The van der Waals surface area contributed by atoms with Crippen molar-refractivity contribution in [3.05, 3.63) is 0 Å². The fourth-order valence-corrected chi connectivity index (χ4v) is 1.54. The molecule has 0 aromatic carbocycles. The Morgan fingerprint density at radius 1 is 1.18 bits per heavy atom. The first-order chi connectivity index (χ1) is 5.22. The fourth-order valence-electron chi connectivity index (χ4n) is 1.54. The molecule has 1 aliphatic heterocycles. The van der Waals surface area contributed by atoms with E-state index in [1.807, 2.05) is 13.8 Å². The van der Waals surface area contributed by atoms with E-state index in [0.29, 0.717) is 0 Å². The lowest BCUT2D eigenvalue weighted by Gasteiger charge is -2.34. The first-order valence-electron chi connectivity index (χ1n) is 4.92. The van der Waals surface area contributed by atoms with Crippen LogP contribution in [0.15, 0.2) is 0 Å². The molecule has 1 saturated heterocycles. The van der Waals surface area contributed by atoms with Gasteiger partial charge in [-0.1, -0.05) is 20.8 Å². The van der Waals surface area contributed by atoms with Crippen molar-refractivity contribution in [1.29, 1.82) is 0 Å². The average Bonchev–Trinajstić information content (AvgIpc) is 2.04. The van der Waals surface area contributed by atoms with Gasteiger partial charge >= 0.3 is 0 Å². The Hall–Kier alpha value is -0.0400. The minimum atomic E-state index is 0.804. The van der Waals surface area contributed by atoms with Gasteiger partial charge in [-0.3, -0.25) is 0 Å². The van der Waals surface area contributed by atoms with E-state index in [9.17, 15) is 0 Å². The molecule has 68 valence electrons. The molecule has 0 aromatic heterocycles. The number of rotatable bonds is 0. The summed E-state index contributed by atoms with van der Waals surface area (Å²) in [6.07, 6.45) is 2.81. The van der Waals surface area contributed by atoms with Crippen LogP contribution in [0.1, 0.15) is 40.5 Å². The molecule has 0 saturated carbocycles. The molecule has 0 bridgehead atoms. The van der Waals surface area contributed by atoms with Crippen molar-refractivity contribution in [3.8, 4) is 0 Å². The second-order valence-electron chi connectivity index (χ2n) is 3.34. The van der Waals surface area contributed by atoms with Gasteiger partial charge in [-0.2, -0.15) is 0 Å². The molecule has 1 aliphatic rings. The lowest BCUT2D eigenvalue weighted by atomic mass is 9.93. The van der Waals surface area contributed by atoms with Gasteiger partial charge in [0.1, 0.15) is 0 Å². The summed E-state index contributed by atoms with van der Waals surface area (Å²) < 4.78 is 0. The molecule has 0 N–H and O–H groups in total. The van der Waals surface area contributed by atoms with Crippen LogP contribution in [0.4, 0.5) is 0 Å². The zero-order valence-electron chi connectivity index (χ0n) is 8.72. The Balaban J connectivity index is 0.000000461. The minimum absolute atomic E-state index is 0.804. The Kier molecular flexibility index (Phi) is 5.57. The predicted molar refractivity (Wildman–Crippen MR) is 51.8 cm³/mol. The van der Waals surface area contributed by atoms with Crippen LogP contribution in [0.5, 0.6) is 0 Å². The SMILES string of the molecule is CC.CC1CCCN(C)C1C. The van der Waals surface area contributed by atoms with Crippen LogP contribution in [0.3, 0.4) is 0 Å². The average molecular weight is 157 g/mol. The summed E-state index contributed by atoms with van der Waals surface area (Å²) in [7, 11) is 2.22. The summed E-state index contributed by atoms with van der Waals surface area (Å²) in [5, 5.41) is 0. The normalized spacial score (nSPS) is 32.5. The third kappa shape index (κ3) is 3.24. The number of hydrogen-bond acceptors (Lipinski definition) is 1. The summed E-state index contributed by atoms with van der Waals surface area (Å²) in [5.74, 6) is 0.906. The van der Waals surface area contributed by atoms with E-state index in [2.05, 4.69) is 25.8 Å². The van der Waals surface area contributed by atoms with Crippen molar-refractivity contribution in [1.82, 2.24) is 4.90 Å². The summed E-state index contributed by atoms with van der Waals surface area (Å²) in [6, 6.07) is 0.804. The smallest absolute Gasteiger partial charge is 0.00895 e. The second-order valence-corrected chi connectivity index (χ2v) is 3.34. The third-order valence-electron chi connectivity index (χ3n) is 2.69. The molecule has 0 amide bonds. The van der Waals surface area contributed by atoms with Crippen molar-refractivity contribution in [2.75, 3.05) is 13.6 Å². The van der Waals surface area contributed by atoms with Crippen molar-refractivity contribution < 1.29 is 0 Å². The molecule has 0 aliphatic carbocycles. The van der Waals surface area contributed by atoms with E-state index in [-0.39, 0.29) is 0 Å². The van der Waals surface area contributed by atoms with Gasteiger partial charge in [-0.25, -0.2) is 0 Å². The van der Waals surface area contributed by atoms with E-state index in [0.717, 1.165) is 12.0 Å². The number of piperidine rings is 1. The van der Waals surface area contributed by atoms with E-state index in [1.165, 1.54) is 19.4 Å². The molecule has 0 radical (unpaired) electrons. The Morgan fingerprint density at radius 2 is 1.73 bits per heavy atom. The van der Waals surface area contributed by atoms with Gasteiger partial charge in [0.2, 0.25) is 0 Å². The van der Waals surface area contributed by atoms with Crippen molar-refractivity contribution in [2.24, 2.45) is 5.92 Å². The second kappa shape index (κ2) is 5.59. The number of nitrogens with zero attached hydrogens (tertiary/aromatic N) is 1. The molecular weight excluding hydrogens is 134 g/mol. The molecule has 1 rings (SSSR count). The standard InChI is InChI=1S/C8H17N.C2H6/c1-7-5-4-6-9(3)8(7)2;1-2/h7-8H,4-6H2,1-3H3;1-2H3. The molecular formula is C10H23N. The lowest BCUT2D eigenvalue weighted by molar-refractivity contribution is 0.145. The zero-order chi connectivity index (χ0) is 8.85. The molecule has 1 nitrogen and oxygen atoms in total. The van der Waals surface area contributed by atoms with Crippen LogP contribution in [0.2, 0.25) is 0 Å². The van der Waals surface area contributed by atoms with Gasteiger partial charge in [0, 0.05) is 6.04 Å². The van der Waals surface area contributed by atoms with Crippen LogP contribution in [0.25, 0.3) is 0 Å². The Bertz CT molecular complexity index is 80.9. The Morgan fingerprint density at radius 3 is 2.09 bits per heavy atom. The first kappa shape index (κ1) is 11.0. The summed E-state index contributed by atoms with van der Waals surface area (Å²) in [6.45, 7) is 9.97. The third-order valence-corrected chi connectivity index (χ3v) is 2.69. The number of likely N-dealkylation sites (tertiary alicyclic amines) is 1. The van der Waals surface area contributed by atoms with Gasteiger partial charge in [0.25, 0.3) is 0 Å². The van der Waals surface area contributed by atoms with Crippen LogP contribution in [-0.2, 0) is 0 Å². The van der Waals surface area contributed by atoms with Crippen LogP contribution >= 0.6 is 0 Å². The van der Waals surface area contributed by atoms with Gasteiger partial charge < -0.3 is 4.90 Å². The molecule has 0 spiro atoms. The highest BCUT2D eigenvalue weighted by Crippen LogP contribution is 2.20. The van der Waals surface area contributed by atoms with Crippen LogP contribution < -0.4 is 0 Å². The summed E-state index contributed by atoms with van der Waals surface area (Å²) in [4.78, 5) is 2.45. The van der Waals surface area contributed by atoms with Crippen molar-refractivity contribution in [2.45, 2.75) is 46.6 Å². The maximum Gasteiger partial charge on any atom is 0.00895 e. The maximum atomic E-state index is 2.45. The first-order valence-corrected chi connectivity index (χ1v) is 4.92. The van der Waals surface area contributed by atoms with Crippen molar-refractivity contribution in [3.63, 3.8) is 0 Å². The lowest BCUT2D eigenvalue weighted by Crippen LogP contribution is -2.39. The zero-order valence-corrected chi connectivity index (χ0v) is 8.72. The Labute approximate surface area is 71.8 Å². The predicted octanol–water partition coefficient (Wildman–Crippen LogP) is 2.76.